The minimum Gasteiger partial charge on any atom is -0.444 e. The number of hydrogen-bond acceptors (Lipinski definition) is 5. The van der Waals surface area contributed by atoms with Gasteiger partial charge in [-0.2, -0.15) is 0 Å². The first kappa shape index (κ1) is 18.6. The highest BCUT2D eigenvalue weighted by Gasteiger charge is 2.61. The Labute approximate surface area is 142 Å². The van der Waals surface area contributed by atoms with Gasteiger partial charge in [-0.15, -0.1) is 0 Å². The molecule has 2 aliphatic rings. The van der Waals surface area contributed by atoms with Gasteiger partial charge in [-0.25, -0.2) is 9.59 Å². The lowest BCUT2D eigenvalue weighted by atomic mass is 9.70. The minimum atomic E-state index is -1.38. The van der Waals surface area contributed by atoms with Crippen molar-refractivity contribution in [3.05, 3.63) is 12.3 Å². The molecule has 1 unspecified atom stereocenters. The van der Waals surface area contributed by atoms with Gasteiger partial charge in [-0.3, -0.25) is 5.32 Å². The third kappa shape index (κ3) is 3.67. The second kappa shape index (κ2) is 5.66. The van der Waals surface area contributed by atoms with Gasteiger partial charge in [0.1, 0.15) is 5.60 Å². The molecule has 3 N–H and O–H groups in total. The summed E-state index contributed by atoms with van der Waals surface area (Å²) in [7, 11) is -0.919. The first-order chi connectivity index (χ1) is 10.8. The van der Waals surface area contributed by atoms with Gasteiger partial charge in [0.25, 0.3) is 0 Å². The Kier molecular flexibility index (Phi) is 4.39. The maximum atomic E-state index is 12.3. The first-order valence-electron chi connectivity index (χ1n) is 7.90. The van der Waals surface area contributed by atoms with Gasteiger partial charge in [0.05, 0.1) is 11.2 Å². The second-order valence-corrected chi connectivity index (χ2v) is 8.02. The van der Waals surface area contributed by atoms with E-state index in [4.69, 9.17) is 14.0 Å². The molecule has 0 aromatic heterocycles. The van der Waals surface area contributed by atoms with E-state index in [1.807, 2.05) is 27.7 Å². The van der Waals surface area contributed by atoms with E-state index in [9.17, 15) is 9.59 Å². The minimum absolute atomic E-state index is 0.483. The van der Waals surface area contributed by atoms with Crippen molar-refractivity contribution in [1.29, 1.82) is 0 Å². The normalized spacial score (nSPS) is 28.1. The van der Waals surface area contributed by atoms with Gasteiger partial charge in [0, 0.05) is 6.20 Å². The lowest BCUT2D eigenvalue weighted by Gasteiger charge is -2.36. The molecule has 0 aromatic rings. The Hall–Kier alpha value is -1.74. The number of carbonyl (C=O) groups is 2. The predicted octanol–water partition coefficient (Wildman–Crippen LogP) is 1.67. The summed E-state index contributed by atoms with van der Waals surface area (Å²) in [5.74, 6) is 0. The fourth-order valence-electron chi connectivity index (χ4n) is 2.29. The van der Waals surface area contributed by atoms with Crippen LogP contribution in [0.1, 0.15) is 48.5 Å². The van der Waals surface area contributed by atoms with E-state index in [0.717, 1.165) is 0 Å². The Morgan fingerprint density at radius 1 is 1.21 bits per heavy atom. The lowest BCUT2D eigenvalue weighted by Crippen LogP contribution is -2.72. The van der Waals surface area contributed by atoms with Crippen LogP contribution in [0.3, 0.4) is 0 Å². The van der Waals surface area contributed by atoms with Gasteiger partial charge in [-0.1, -0.05) is 0 Å². The summed E-state index contributed by atoms with van der Waals surface area (Å²) in [6.07, 6.45) is 2.31. The summed E-state index contributed by atoms with van der Waals surface area (Å²) in [6, 6.07) is -0.483. The van der Waals surface area contributed by atoms with Crippen molar-refractivity contribution in [2.75, 3.05) is 0 Å². The standard InChI is InChI=1S/C15H26BN3O5/c1-12(2,3)22-11(21)19-15(8-9-17-10(20)18-15)16-23-13(4,5)14(6,7)24-16/h8-9H,1-7H3,(H,19,21)(H2,17,18,20). The van der Waals surface area contributed by atoms with Crippen molar-refractivity contribution in [3.8, 4) is 0 Å². The SMILES string of the molecule is CC(C)(C)OC(=O)NC1(B2OC(C)(C)C(C)(C)O2)C=CNC(=O)N1. The van der Waals surface area contributed by atoms with Crippen LogP contribution in [-0.4, -0.2) is 41.6 Å². The van der Waals surface area contributed by atoms with Gasteiger partial charge in [-0.05, 0) is 54.5 Å². The molecule has 134 valence electrons. The quantitative estimate of drug-likeness (QED) is 0.665. The van der Waals surface area contributed by atoms with Gasteiger partial charge in [0.15, 0.2) is 5.56 Å². The zero-order valence-electron chi connectivity index (χ0n) is 15.3. The summed E-state index contributed by atoms with van der Waals surface area (Å²) in [6.45, 7) is 12.8. The average molecular weight is 339 g/mol. The summed E-state index contributed by atoms with van der Waals surface area (Å²) in [5.41, 5.74) is -3.30. The largest absolute Gasteiger partial charge is 0.511 e. The molecule has 2 aliphatic heterocycles. The maximum Gasteiger partial charge on any atom is 0.511 e. The van der Waals surface area contributed by atoms with E-state index in [2.05, 4.69) is 16.0 Å². The highest BCUT2D eigenvalue weighted by Crippen LogP contribution is 2.39. The topological polar surface area (TPSA) is 97.9 Å². The lowest BCUT2D eigenvalue weighted by molar-refractivity contribution is 0.00578. The monoisotopic (exact) mass is 339 g/mol. The summed E-state index contributed by atoms with van der Waals surface area (Å²) in [5, 5.41) is 7.82. The van der Waals surface area contributed by atoms with E-state index < -0.39 is 41.6 Å². The highest BCUT2D eigenvalue weighted by molar-refractivity contribution is 6.51. The van der Waals surface area contributed by atoms with Crippen molar-refractivity contribution in [2.45, 2.75) is 70.8 Å². The average Bonchev–Trinajstić information content (AvgIpc) is 2.56. The molecule has 2 rings (SSSR count). The Morgan fingerprint density at radius 3 is 2.21 bits per heavy atom. The van der Waals surface area contributed by atoms with E-state index in [-0.39, 0.29) is 0 Å². The Balaban J connectivity index is 2.29. The van der Waals surface area contributed by atoms with Crippen molar-refractivity contribution < 1.29 is 23.6 Å². The number of rotatable bonds is 2. The van der Waals surface area contributed by atoms with Gasteiger partial charge >= 0.3 is 19.2 Å². The molecule has 1 saturated heterocycles. The molecular formula is C15H26BN3O5. The van der Waals surface area contributed by atoms with Crippen LogP contribution in [0.4, 0.5) is 9.59 Å². The molecule has 2 heterocycles. The van der Waals surface area contributed by atoms with E-state index >= 15 is 0 Å². The second-order valence-electron chi connectivity index (χ2n) is 8.02. The summed E-state index contributed by atoms with van der Waals surface area (Å²) < 4.78 is 17.3. The van der Waals surface area contributed by atoms with E-state index in [1.54, 1.807) is 26.8 Å². The third-order valence-corrected chi connectivity index (χ3v) is 4.21. The number of carbonyl (C=O) groups excluding carboxylic acids is 2. The highest BCUT2D eigenvalue weighted by atomic mass is 16.7. The Bertz CT molecular complexity index is 554. The molecular weight excluding hydrogens is 313 g/mol. The van der Waals surface area contributed by atoms with Crippen LogP contribution in [0.5, 0.6) is 0 Å². The maximum absolute atomic E-state index is 12.3. The predicted molar refractivity (Wildman–Crippen MR) is 89.0 cm³/mol. The van der Waals surface area contributed by atoms with Crippen LogP contribution in [0, 0.1) is 0 Å². The van der Waals surface area contributed by atoms with Crippen LogP contribution >= 0.6 is 0 Å². The molecule has 0 bridgehead atoms. The summed E-state index contributed by atoms with van der Waals surface area (Å²) >= 11 is 0. The number of ether oxygens (including phenoxy) is 1. The molecule has 0 radical (unpaired) electrons. The molecule has 1 fully saturated rings. The van der Waals surface area contributed by atoms with E-state index in [1.165, 1.54) is 6.20 Å². The van der Waals surface area contributed by atoms with Gasteiger partial charge < -0.3 is 24.7 Å². The van der Waals surface area contributed by atoms with Crippen molar-refractivity contribution in [3.63, 3.8) is 0 Å². The van der Waals surface area contributed by atoms with Crippen LogP contribution in [0.2, 0.25) is 0 Å². The number of urea groups is 1. The number of hydrogen-bond donors (Lipinski definition) is 3. The molecule has 0 aromatic carbocycles. The van der Waals surface area contributed by atoms with Crippen LogP contribution in [0.15, 0.2) is 12.3 Å². The first-order valence-corrected chi connectivity index (χ1v) is 7.90. The van der Waals surface area contributed by atoms with Crippen molar-refractivity contribution in [1.82, 2.24) is 16.0 Å². The number of amides is 3. The molecule has 3 amide bonds. The fourth-order valence-corrected chi connectivity index (χ4v) is 2.29. The zero-order chi connectivity index (χ0) is 18.4. The molecule has 0 aliphatic carbocycles. The van der Waals surface area contributed by atoms with Crippen molar-refractivity contribution >= 4 is 19.2 Å². The number of nitrogens with one attached hydrogen (secondary N) is 3. The zero-order valence-corrected chi connectivity index (χ0v) is 15.3. The van der Waals surface area contributed by atoms with Crippen LogP contribution < -0.4 is 16.0 Å². The van der Waals surface area contributed by atoms with Crippen LogP contribution in [0.25, 0.3) is 0 Å². The Morgan fingerprint density at radius 2 is 1.75 bits per heavy atom. The van der Waals surface area contributed by atoms with E-state index in [0.29, 0.717) is 0 Å². The molecule has 24 heavy (non-hydrogen) atoms. The molecule has 0 saturated carbocycles. The molecule has 0 spiro atoms. The number of alkyl carbamates (subject to hydrolysis) is 1. The van der Waals surface area contributed by atoms with Gasteiger partial charge in [0.2, 0.25) is 0 Å². The third-order valence-electron chi connectivity index (χ3n) is 4.21. The molecule has 1 atom stereocenters. The fraction of sp³-hybridized carbons (Fsp3) is 0.733. The smallest absolute Gasteiger partial charge is 0.444 e. The summed E-state index contributed by atoms with van der Waals surface area (Å²) in [4.78, 5) is 24.1. The van der Waals surface area contributed by atoms with Crippen LogP contribution in [-0.2, 0) is 14.0 Å². The van der Waals surface area contributed by atoms with Crippen molar-refractivity contribution in [2.24, 2.45) is 0 Å². The molecule has 8 nitrogen and oxygen atoms in total. The molecule has 9 heteroatoms.